The zero-order chi connectivity index (χ0) is 18.1. The highest BCUT2D eigenvalue weighted by Gasteiger charge is 2.13. The summed E-state index contributed by atoms with van der Waals surface area (Å²) in [6.45, 7) is 7.88. The number of nitrogens with one attached hydrogen (secondary N) is 2. The predicted octanol–water partition coefficient (Wildman–Crippen LogP) is 5.04. The second-order valence-corrected chi connectivity index (χ2v) is 6.10. The molecule has 4 rings (SSSR count). The SMILES string of the molecule is C=C/C=C(C)\C(=C/C)c1cnc2n[nH]c(-c3cc4ncccc4[nH]3)c2c1. The van der Waals surface area contributed by atoms with Crippen LogP contribution >= 0.6 is 0 Å². The molecule has 0 aliphatic rings. The first-order valence-electron chi connectivity index (χ1n) is 8.46. The lowest BCUT2D eigenvalue weighted by atomic mass is 9.99. The summed E-state index contributed by atoms with van der Waals surface area (Å²) < 4.78 is 0. The van der Waals surface area contributed by atoms with E-state index in [1.807, 2.05) is 37.4 Å². The van der Waals surface area contributed by atoms with Gasteiger partial charge in [-0.25, -0.2) is 4.98 Å². The smallest absolute Gasteiger partial charge is 0.181 e. The molecule has 4 heterocycles. The van der Waals surface area contributed by atoms with Gasteiger partial charge in [-0.15, -0.1) is 0 Å². The van der Waals surface area contributed by atoms with Crippen LogP contribution in [0.4, 0.5) is 0 Å². The van der Waals surface area contributed by atoms with Gasteiger partial charge in [0.15, 0.2) is 5.65 Å². The maximum Gasteiger partial charge on any atom is 0.181 e. The molecule has 0 spiro atoms. The maximum atomic E-state index is 4.53. The number of fused-ring (bicyclic) bond motifs is 2. The van der Waals surface area contributed by atoms with Crippen molar-refractivity contribution in [1.82, 2.24) is 25.1 Å². The molecule has 0 saturated heterocycles. The number of pyridine rings is 2. The van der Waals surface area contributed by atoms with Crippen LogP contribution in [0.5, 0.6) is 0 Å². The molecule has 26 heavy (non-hydrogen) atoms. The van der Waals surface area contributed by atoms with Crippen LogP contribution < -0.4 is 0 Å². The van der Waals surface area contributed by atoms with Crippen molar-refractivity contribution in [2.75, 3.05) is 0 Å². The number of hydrogen-bond donors (Lipinski definition) is 2. The van der Waals surface area contributed by atoms with E-state index in [9.17, 15) is 0 Å². The summed E-state index contributed by atoms with van der Waals surface area (Å²) in [6.07, 6.45) is 9.53. The normalized spacial score (nSPS) is 12.8. The molecule has 5 heteroatoms. The number of allylic oxidation sites excluding steroid dienone is 5. The Labute approximate surface area is 151 Å². The molecule has 5 nitrogen and oxygen atoms in total. The van der Waals surface area contributed by atoms with Gasteiger partial charge in [-0.05, 0) is 49.3 Å². The summed E-state index contributed by atoms with van der Waals surface area (Å²) in [5, 5.41) is 8.43. The van der Waals surface area contributed by atoms with Crippen molar-refractivity contribution in [2.45, 2.75) is 13.8 Å². The molecule has 0 aliphatic heterocycles. The Morgan fingerprint density at radius 3 is 2.88 bits per heavy atom. The summed E-state index contributed by atoms with van der Waals surface area (Å²) in [6, 6.07) is 8.07. The van der Waals surface area contributed by atoms with E-state index < -0.39 is 0 Å². The highest BCUT2D eigenvalue weighted by Crippen LogP contribution is 2.30. The van der Waals surface area contributed by atoms with Gasteiger partial charge in [-0.2, -0.15) is 5.10 Å². The van der Waals surface area contributed by atoms with Gasteiger partial charge in [-0.3, -0.25) is 10.1 Å². The Balaban J connectivity index is 1.87. The van der Waals surface area contributed by atoms with E-state index in [4.69, 9.17) is 0 Å². The van der Waals surface area contributed by atoms with Crippen LogP contribution in [0.1, 0.15) is 19.4 Å². The number of rotatable bonds is 4. The molecule has 0 fully saturated rings. The molecular formula is C21H19N5. The third-order valence-corrected chi connectivity index (χ3v) is 4.46. The third kappa shape index (κ3) is 2.63. The monoisotopic (exact) mass is 341 g/mol. The predicted molar refractivity (Wildman–Crippen MR) is 107 cm³/mol. The molecule has 4 aromatic rings. The molecule has 0 amide bonds. The fourth-order valence-corrected chi connectivity index (χ4v) is 3.23. The average Bonchev–Trinajstić information content (AvgIpc) is 3.25. The fourth-order valence-electron chi connectivity index (χ4n) is 3.23. The van der Waals surface area contributed by atoms with Crippen molar-refractivity contribution in [3.63, 3.8) is 0 Å². The minimum Gasteiger partial charge on any atom is -0.352 e. The van der Waals surface area contributed by atoms with Crippen LogP contribution in [-0.2, 0) is 0 Å². The molecule has 0 aromatic carbocycles. The van der Waals surface area contributed by atoms with Crippen LogP contribution in [0.2, 0.25) is 0 Å². The zero-order valence-electron chi connectivity index (χ0n) is 14.7. The number of aromatic amines is 2. The molecule has 0 atom stereocenters. The van der Waals surface area contributed by atoms with Crippen molar-refractivity contribution >= 4 is 27.6 Å². The van der Waals surface area contributed by atoms with E-state index in [2.05, 4.69) is 50.8 Å². The lowest BCUT2D eigenvalue weighted by Crippen LogP contribution is -1.89. The number of nitrogens with zero attached hydrogens (tertiary/aromatic N) is 3. The molecule has 0 radical (unpaired) electrons. The van der Waals surface area contributed by atoms with E-state index in [0.717, 1.165) is 44.5 Å². The highest BCUT2D eigenvalue weighted by atomic mass is 15.2. The number of hydrogen-bond acceptors (Lipinski definition) is 3. The maximum absolute atomic E-state index is 4.53. The molecule has 0 unspecified atom stereocenters. The molecule has 2 N–H and O–H groups in total. The first-order valence-corrected chi connectivity index (χ1v) is 8.46. The summed E-state index contributed by atoms with van der Waals surface area (Å²) in [5.74, 6) is 0. The summed E-state index contributed by atoms with van der Waals surface area (Å²) in [4.78, 5) is 12.3. The Morgan fingerprint density at radius 1 is 1.23 bits per heavy atom. The minimum atomic E-state index is 0.691. The van der Waals surface area contributed by atoms with Gasteiger partial charge in [0.25, 0.3) is 0 Å². The summed E-state index contributed by atoms with van der Waals surface area (Å²) in [7, 11) is 0. The summed E-state index contributed by atoms with van der Waals surface area (Å²) >= 11 is 0. The number of H-pyrrole nitrogens is 2. The van der Waals surface area contributed by atoms with Gasteiger partial charge in [0, 0.05) is 23.3 Å². The first-order chi connectivity index (χ1) is 12.7. The van der Waals surface area contributed by atoms with E-state index >= 15 is 0 Å². The van der Waals surface area contributed by atoms with E-state index in [-0.39, 0.29) is 0 Å². The lowest BCUT2D eigenvalue weighted by Gasteiger charge is -2.07. The van der Waals surface area contributed by atoms with Gasteiger partial charge < -0.3 is 4.98 Å². The Hall–Kier alpha value is -3.47. The van der Waals surface area contributed by atoms with Crippen molar-refractivity contribution in [3.05, 3.63) is 72.6 Å². The Kier molecular flexibility index (Phi) is 3.97. The van der Waals surface area contributed by atoms with Gasteiger partial charge in [0.1, 0.15) is 0 Å². The van der Waals surface area contributed by atoms with E-state index in [1.54, 1.807) is 12.3 Å². The quantitative estimate of drug-likeness (QED) is 0.511. The molecule has 0 bridgehead atoms. The fraction of sp³-hybridized carbons (Fsp3) is 0.0952. The zero-order valence-corrected chi connectivity index (χ0v) is 14.7. The minimum absolute atomic E-state index is 0.691. The largest absolute Gasteiger partial charge is 0.352 e. The lowest BCUT2D eigenvalue weighted by molar-refractivity contribution is 1.10. The Bertz CT molecular complexity index is 1140. The summed E-state index contributed by atoms with van der Waals surface area (Å²) in [5.41, 5.74) is 7.78. The van der Waals surface area contributed by atoms with Crippen LogP contribution in [0.3, 0.4) is 0 Å². The van der Waals surface area contributed by atoms with Gasteiger partial charge >= 0.3 is 0 Å². The van der Waals surface area contributed by atoms with E-state index in [1.165, 1.54) is 0 Å². The molecule has 0 saturated carbocycles. The topological polar surface area (TPSA) is 70.2 Å². The van der Waals surface area contributed by atoms with Crippen LogP contribution in [0.15, 0.2) is 67.0 Å². The molecule has 4 aromatic heterocycles. The van der Waals surface area contributed by atoms with Crippen LogP contribution in [0, 0.1) is 0 Å². The Morgan fingerprint density at radius 2 is 2.12 bits per heavy atom. The second kappa shape index (κ2) is 6.44. The standard InChI is InChI=1S/C21H19N5/c1-4-7-13(3)15(5-2)14-10-16-20(25-26-21(16)23-12-14)19-11-18-17(24-19)8-6-9-22-18/h4-12,24H,1H2,2-3H3,(H,23,25,26)/b13-7-,15-5+. The third-order valence-electron chi connectivity index (χ3n) is 4.46. The number of aromatic nitrogens is 5. The van der Waals surface area contributed by atoms with E-state index in [0.29, 0.717) is 5.65 Å². The first kappa shape index (κ1) is 16.0. The van der Waals surface area contributed by atoms with Crippen molar-refractivity contribution in [2.24, 2.45) is 0 Å². The average molecular weight is 341 g/mol. The van der Waals surface area contributed by atoms with Crippen LogP contribution in [-0.4, -0.2) is 25.1 Å². The van der Waals surface area contributed by atoms with Crippen molar-refractivity contribution in [3.8, 4) is 11.4 Å². The van der Waals surface area contributed by atoms with Gasteiger partial charge in [0.05, 0.1) is 22.4 Å². The van der Waals surface area contributed by atoms with Crippen LogP contribution in [0.25, 0.3) is 39.0 Å². The second-order valence-electron chi connectivity index (χ2n) is 6.10. The molecule has 128 valence electrons. The van der Waals surface area contributed by atoms with Crippen molar-refractivity contribution < 1.29 is 0 Å². The van der Waals surface area contributed by atoms with Gasteiger partial charge in [0.2, 0.25) is 0 Å². The molecular weight excluding hydrogens is 322 g/mol. The van der Waals surface area contributed by atoms with Crippen molar-refractivity contribution in [1.29, 1.82) is 0 Å². The highest BCUT2D eigenvalue weighted by molar-refractivity contribution is 5.95. The van der Waals surface area contributed by atoms with Gasteiger partial charge in [-0.1, -0.05) is 24.8 Å². The molecule has 0 aliphatic carbocycles.